The lowest BCUT2D eigenvalue weighted by molar-refractivity contribution is -0.137. The third-order valence-electron chi connectivity index (χ3n) is 8.40. The van der Waals surface area contributed by atoms with E-state index in [1.54, 1.807) is 30.3 Å². The van der Waals surface area contributed by atoms with E-state index in [9.17, 15) is 14.4 Å². The Morgan fingerprint density at radius 3 is 2.43 bits per heavy atom. The number of carbonyl (C=O) groups is 3. The number of halogens is 1. The number of ketones is 1. The molecular formula is C28H22ClN3O3. The highest BCUT2D eigenvalue weighted by Gasteiger charge is 2.81. The molecule has 7 rings (SSSR count). The fourth-order valence-electron chi connectivity index (χ4n) is 7.33. The third-order valence-corrected chi connectivity index (χ3v) is 8.63. The summed E-state index contributed by atoms with van der Waals surface area (Å²) in [4.78, 5) is 45.1. The molecule has 3 aromatic rings. The van der Waals surface area contributed by atoms with Crippen LogP contribution in [0.4, 0.5) is 11.4 Å². The number of rotatable bonds is 2. The van der Waals surface area contributed by atoms with Gasteiger partial charge in [0.05, 0.1) is 5.92 Å². The van der Waals surface area contributed by atoms with Gasteiger partial charge in [0.25, 0.3) is 5.91 Å². The predicted molar refractivity (Wildman–Crippen MR) is 132 cm³/mol. The van der Waals surface area contributed by atoms with Crippen LogP contribution in [0.1, 0.15) is 34.3 Å². The summed E-state index contributed by atoms with van der Waals surface area (Å²) in [6, 6.07) is 21.6. The van der Waals surface area contributed by atoms with Gasteiger partial charge in [0.2, 0.25) is 5.91 Å². The van der Waals surface area contributed by atoms with Crippen LogP contribution in [0.5, 0.6) is 0 Å². The van der Waals surface area contributed by atoms with E-state index in [1.165, 1.54) is 0 Å². The van der Waals surface area contributed by atoms with Crippen molar-refractivity contribution in [2.75, 3.05) is 17.2 Å². The van der Waals surface area contributed by atoms with Gasteiger partial charge in [0, 0.05) is 33.6 Å². The van der Waals surface area contributed by atoms with E-state index in [1.807, 2.05) is 42.5 Å². The van der Waals surface area contributed by atoms with Gasteiger partial charge in [0.15, 0.2) is 5.78 Å². The summed E-state index contributed by atoms with van der Waals surface area (Å²) >= 11 is 6.48. The number of nitrogens with one attached hydrogen (secondary N) is 2. The van der Waals surface area contributed by atoms with Crippen molar-refractivity contribution in [1.29, 1.82) is 0 Å². The summed E-state index contributed by atoms with van der Waals surface area (Å²) in [5.41, 5.74) is 0.347. The molecule has 4 aliphatic heterocycles. The maximum atomic E-state index is 14.4. The quantitative estimate of drug-likeness (QED) is 0.531. The van der Waals surface area contributed by atoms with E-state index in [0.29, 0.717) is 39.6 Å². The van der Waals surface area contributed by atoms with Crippen molar-refractivity contribution in [2.45, 2.75) is 29.8 Å². The highest BCUT2D eigenvalue weighted by atomic mass is 35.5. The van der Waals surface area contributed by atoms with E-state index in [2.05, 4.69) is 15.5 Å². The number of amides is 2. The smallest absolute Gasteiger partial charge is 0.251 e. The Bertz CT molecular complexity index is 1440. The Morgan fingerprint density at radius 2 is 1.60 bits per heavy atom. The van der Waals surface area contributed by atoms with Crippen LogP contribution < -0.4 is 10.6 Å². The predicted octanol–water partition coefficient (Wildman–Crippen LogP) is 4.35. The number of anilines is 2. The number of hydrogen-bond donors (Lipinski definition) is 2. The number of Topliss-reactive ketones (excluding diaryl/α,β-unsaturated/α-hetero) is 1. The SMILES string of the molecule is O=C(c1ccccc1)[C@H]1[C@@H]2CCCN2[C@]2(C(=O)Nc3ccc(Cl)cc32)[C@]12C(=O)Nc1ccccc12. The van der Waals surface area contributed by atoms with Gasteiger partial charge in [-0.05, 0) is 49.2 Å². The second kappa shape index (κ2) is 7.03. The summed E-state index contributed by atoms with van der Waals surface area (Å²) < 4.78 is 0. The largest absolute Gasteiger partial charge is 0.325 e. The Morgan fingerprint density at radius 1 is 0.886 bits per heavy atom. The first-order chi connectivity index (χ1) is 17.0. The van der Waals surface area contributed by atoms with Gasteiger partial charge in [-0.2, -0.15) is 0 Å². The summed E-state index contributed by atoms with van der Waals surface area (Å²) in [6.07, 6.45) is 1.57. The maximum Gasteiger partial charge on any atom is 0.251 e. The maximum absolute atomic E-state index is 14.4. The van der Waals surface area contributed by atoms with E-state index in [0.717, 1.165) is 12.8 Å². The fourth-order valence-corrected chi connectivity index (χ4v) is 7.50. The lowest BCUT2D eigenvalue weighted by atomic mass is 9.57. The van der Waals surface area contributed by atoms with Crippen LogP contribution in [-0.2, 0) is 20.5 Å². The minimum Gasteiger partial charge on any atom is -0.325 e. The van der Waals surface area contributed by atoms with Crippen molar-refractivity contribution in [3.63, 3.8) is 0 Å². The standard InChI is InChI=1S/C28H22ClN3O3/c29-17-12-13-21-19(15-17)28(26(35)31-21)27(18-9-4-5-10-20(18)30-25(27)34)23(22-11-6-14-32(22)28)24(33)16-7-2-1-3-8-16/h1-5,7-10,12-13,15,22-23H,6,11,14H2,(H,30,34)(H,31,35)/t22-,23+,27-,28+/m0/s1. The van der Waals surface area contributed by atoms with Crippen molar-refractivity contribution < 1.29 is 14.4 Å². The summed E-state index contributed by atoms with van der Waals surface area (Å²) in [5, 5.41) is 6.56. The summed E-state index contributed by atoms with van der Waals surface area (Å²) in [6.45, 7) is 0.611. The van der Waals surface area contributed by atoms with Crippen LogP contribution in [-0.4, -0.2) is 35.1 Å². The first kappa shape index (κ1) is 20.9. The zero-order valence-corrected chi connectivity index (χ0v) is 19.5. The Labute approximate surface area is 207 Å². The average Bonchev–Trinajstić information content (AvgIpc) is 3.58. The molecule has 0 saturated carbocycles. The molecule has 6 nitrogen and oxygen atoms in total. The molecule has 3 aromatic carbocycles. The molecular weight excluding hydrogens is 462 g/mol. The molecule has 0 aromatic heterocycles. The van der Waals surface area contributed by atoms with Gasteiger partial charge in [-0.25, -0.2) is 0 Å². The van der Waals surface area contributed by atoms with Gasteiger partial charge in [-0.1, -0.05) is 60.1 Å². The molecule has 0 unspecified atom stereocenters. The second-order valence-corrected chi connectivity index (χ2v) is 10.2. The molecule has 0 radical (unpaired) electrons. The topological polar surface area (TPSA) is 78.5 Å². The average molecular weight is 484 g/mol. The molecule has 0 bridgehead atoms. The summed E-state index contributed by atoms with van der Waals surface area (Å²) in [7, 11) is 0. The molecule has 2 N–H and O–H groups in total. The molecule has 4 atom stereocenters. The number of fused-ring (bicyclic) bond motifs is 7. The van der Waals surface area contributed by atoms with Gasteiger partial charge in [-0.15, -0.1) is 0 Å². The lowest BCUT2D eigenvalue weighted by Gasteiger charge is -2.43. The number of hydrogen-bond acceptors (Lipinski definition) is 4. The van der Waals surface area contributed by atoms with Gasteiger partial charge >= 0.3 is 0 Å². The van der Waals surface area contributed by atoms with Crippen molar-refractivity contribution in [2.24, 2.45) is 5.92 Å². The minimum atomic E-state index is -1.44. The molecule has 4 aliphatic rings. The molecule has 4 heterocycles. The van der Waals surface area contributed by atoms with Crippen LogP contribution in [0.15, 0.2) is 72.8 Å². The van der Waals surface area contributed by atoms with Crippen LogP contribution in [0.2, 0.25) is 5.02 Å². The van der Waals surface area contributed by atoms with Crippen molar-refractivity contribution in [3.8, 4) is 0 Å². The van der Waals surface area contributed by atoms with Crippen molar-refractivity contribution in [1.82, 2.24) is 4.90 Å². The number of carbonyl (C=O) groups excluding carboxylic acids is 3. The van der Waals surface area contributed by atoms with Crippen LogP contribution >= 0.6 is 11.6 Å². The first-order valence-corrected chi connectivity index (χ1v) is 12.3. The minimum absolute atomic E-state index is 0.116. The van der Waals surface area contributed by atoms with Gasteiger partial charge in [-0.3, -0.25) is 19.3 Å². The van der Waals surface area contributed by atoms with Crippen LogP contribution in [0, 0.1) is 5.92 Å². The highest BCUT2D eigenvalue weighted by Crippen LogP contribution is 2.67. The number of nitrogens with zero attached hydrogens (tertiary/aromatic N) is 1. The van der Waals surface area contributed by atoms with Crippen LogP contribution in [0.25, 0.3) is 0 Å². The van der Waals surface area contributed by atoms with E-state index in [4.69, 9.17) is 11.6 Å². The zero-order valence-electron chi connectivity index (χ0n) is 18.8. The van der Waals surface area contributed by atoms with E-state index < -0.39 is 16.9 Å². The monoisotopic (exact) mass is 483 g/mol. The lowest BCUT2D eigenvalue weighted by Crippen LogP contribution is -2.62. The molecule has 0 aliphatic carbocycles. The Hall–Kier alpha value is -3.48. The Balaban J connectivity index is 1.61. The molecule has 35 heavy (non-hydrogen) atoms. The number of para-hydroxylation sites is 1. The molecule has 2 saturated heterocycles. The normalized spacial score (nSPS) is 30.3. The fraction of sp³-hybridized carbons (Fsp3) is 0.250. The summed E-state index contributed by atoms with van der Waals surface area (Å²) in [5.74, 6) is -1.46. The second-order valence-electron chi connectivity index (χ2n) is 9.77. The van der Waals surface area contributed by atoms with Crippen molar-refractivity contribution in [3.05, 3.63) is 94.5 Å². The molecule has 2 spiro atoms. The molecule has 2 fully saturated rings. The molecule has 7 heteroatoms. The highest BCUT2D eigenvalue weighted by molar-refractivity contribution is 6.31. The van der Waals surface area contributed by atoms with Gasteiger partial charge < -0.3 is 10.6 Å². The van der Waals surface area contributed by atoms with E-state index in [-0.39, 0.29) is 23.6 Å². The third kappa shape index (κ3) is 2.32. The molecule has 2 amide bonds. The molecule has 174 valence electrons. The van der Waals surface area contributed by atoms with Crippen molar-refractivity contribution >= 4 is 40.6 Å². The Kier molecular flexibility index (Phi) is 4.19. The first-order valence-electron chi connectivity index (χ1n) is 11.9. The zero-order chi connectivity index (χ0) is 23.9. The van der Waals surface area contributed by atoms with Crippen LogP contribution in [0.3, 0.4) is 0 Å². The van der Waals surface area contributed by atoms with E-state index >= 15 is 0 Å². The van der Waals surface area contributed by atoms with Gasteiger partial charge in [0.1, 0.15) is 11.0 Å². The number of benzene rings is 3.